The van der Waals surface area contributed by atoms with E-state index in [-0.39, 0.29) is 5.91 Å². The molecule has 2 N–H and O–H groups in total. The van der Waals surface area contributed by atoms with Crippen LogP contribution < -0.4 is 10.1 Å². The zero-order valence-electron chi connectivity index (χ0n) is 14.1. The Labute approximate surface area is 141 Å². The fourth-order valence-corrected chi connectivity index (χ4v) is 2.83. The van der Waals surface area contributed by atoms with Crippen LogP contribution in [-0.4, -0.2) is 17.5 Å². The third kappa shape index (κ3) is 3.43. The number of fused-ring (bicyclic) bond motifs is 1. The number of rotatable bonds is 6. The van der Waals surface area contributed by atoms with Crippen LogP contribution in [-0.2, 0) is 11.2 Å². The van der Waals surface area contributed by atoms with Gasteiger partial charge in [-0.05, 0) is 37.1 Å². The SMILES string of the molecule is CCCOc1ccccc1NC(=O)Cc1c(C)[nH]c2ccccc12. The second-order valence-electron chi connectivity index (χ2n) is 5.84. The molecule has 3 aromatic rings. The lowest BCUT2D eigenvalue weighted by Crippen LogP contribution is -2.15. The maximum Gasteiger partial charge on any atom is 0.228 e. The lowest BCUT2D eigenvalue weighted by Gasteiger charge is -2.12. The van der Waals surface area contributed by atoms with Gasteiger partial charge in [0, 0.05) is 16.6 Å². The topological polar surface area (TPSA) is 54.1 Å². The normalized spacial score (nSPS) is 10.8. The van der Waals surface area contributed by atoms with Crippen LogP contribution in [0.4, 0.5) is 5.69 Å². The molecule has 1 heterocycles. The van der Waals surface area contributed by atoms with Gasteiger partial charge in [0.05, 0.1) is 18.7 Å². The molecule has 2 aromatic carbocycles. The van der Waals surface area contributed by atoms with Crippen LogP contribution in [0.3, 0.4) is 0 Å². The predicted molar refractivity (Wildman–Crippen MR) is 97.6 cm³/mol. The van der Waals surface area contributed by atoms with E-state index in [0.29, 0.717) is 24.5 Å². The molecule has 0 atom stereocenters. The molecule has 0 aliphatic rings. The molecular weight excluding hydrogens is 300 g/mol. The van der Waals surface area contributed by atoms with E-state index < -0.39 is 0 Å². The van der Waals surface area contributed by atoms with Crippen LogP contribution in [0.15, 0.2) is 48.5 Å². The minimum atomic E-state index is -0.0459. The number of hydrogen-bond acceptors (Lipinski definition) is 2. The Morgan fingerprint density at radius 1 is 1.12 bits per heavy atom. The highest BCUT2D eigenvalue weighted by atomic mass is 16.5. The molecule has 0 aliphatic heterocycles. The van der Waals surface area contributed by atoms with Crippen LogP contribution in [0.1, 0.15) is 24.6 Å². The Kier molecular flexibility index (Phi) is 4.85. The third-order valence-corrected chi connectivity index (χ3v) is 3.99. The molecule has 4 nitrogen and oxygen atoms in total. The number of para-hydroxylation sites is 3. The number of aryl methyl sites for hydroxylation is 1. The molecule has 0 radical (unpaired) electrons. The molecule has 3 rings (SSSR count). The molecule has 4 heteroatoms. The van der Waals surface area contributed by atoms with E-state index in [0.717, 1.165) is 28.6 Å². The Hall–Kier alpha value is -2.75. The number of nitrogens with one attached hydrogen (secondary N) is 2. The number of benzene rings is 2. The van der Waals surface area contributed by atoms with Crippen LogP contribution in [0.2, 0.25) is 0 Å². The van der Waals surface area contributed by atoms with E-state index in [2.05, 4.69) is 17.2 Å². The van der Waals surface area contributed by atoms with Crippen molar-refractivity contribution in [2.24, 2.45) is 0 Å². The van der Waals surface area contributed by atoms with Crippen molar-refractivity contribution in [2.75, 3.05) is 11.9 Å². The zero-order valence-corrected chi connectivity index (χ0v) is 14.1. The number of ether oxygens (including phenoxy) is 1. The van der Waals surface area contributed by atoms with E-state index in [9.17, 15) is 4.79 Å². The maximum atomic E-state index is 12.5. The van der Waals surface area contributed by atoms with E-state index in [4.69, 9.17) is 4.74 Å². The van der Waals surface area contributed by atoms with Gasteiger partial charge in [0.15, 0.2) is 0 Å². The highest BCUT2D eigenvalue weighted by Crippen LogP contribution is 2.26. The summed E-state index contributed by atoms with van der Waals surface area (Å²) in [6, 6.07) is 15.6. The molecule has 0 unspecified atom stereocenters. The fraction of sp³-hybridized carbons (Fsp3) is 0.250. The van der Waals surface area contributed by atoms with E-state index in [1.807, 2.05) is 55.5 Å². The number of hydrogen-bond donors (Lipinski definition) is 2. The first-order valence-electron chi connectivity index (χ1n) is 8.27. The molecule has 1 amide bonds. The van der Waals surface area contributed by atoms with Crippen molar-refractivity contribution in [3.63, 3.8) is 0 Å². The first-order chi connectivity index (χ1) is 11.7. The van der Waals surface area contributed by atoms with Crippen molar-refractivity contribution in [2.45, 2.75) is 26.7 Å². The minimum absolute atomic E-state index is 0.0459. The number of aromatic nitrogens is 1. The van der Waals surface area contributed by atoms with Crippen LogP contribution in [0.5, 0.6) is 5.75 Å². The van der Waals surface area contributed by atoms with E-state index in [1.54, 1.807) is 0 Å². The van der Waals surface area contributed by atoms with Crippen LogP contribution >= 0.6 is 0 Å². The van der Waals surface area contributed by atoms with Crippen molar-refractivity contribution < 1.29 is 9.53 Å². The highest BCUT2D eigenvalue weighted by molar-refractivity contribution is 5.97. The van der Waals surface area contributed by atoms with Crippen LogP contribution in [0.25, 0.3) is 10.9 Å². The molecule has 124 valence electrons. The summed E-state index contributed by atoms with van der Waals surface area (Å²) in [5.74, 6) is 0.666. The lowest BCUT2D eigenvalue weighted by molar-refractivity contribution is -0.115. The van der Waals surface area contributed by atoms with Crippen molar-refractivity contribution in [3.8, 4) is 5.75 Å². The van der Waals surface area contributed by atoms with Gasteiger partial charge in [-0.15, -0.1) is 0 Å². The van der Waals surface area contributed by atoms with E-state index >= 15 is 0 Å². The summed E-state index contributed by atoms with van der Waals surface area (Å²) in [5, 5.41) is 4.07. The van der Waals surface area contributed by atoms with Gasteiger partial charge in [-0.2, -0.15) is 0 Å². The van der Waals surface area contributed by atoms with Gasteiger partial charge >= 0.3 is 0 Å². The summed E-state index contributed by atoms with van der Waals surface area (Å²) in [7, 11) is 0. The maximum absolute atomic E-state index is 12.5. The molecule has 0 saturated heterocycles. The minimum Gasteiger partial charge on any atom is -0.491 e. The van der Waals surface area contributed by atoms with Gasteiger partial charge < -0.3 is 15.0 Å². The average Bonchev–Trinajstić information content (AvgIpc) is 2.90. The molecular formula is C20H22N2O2. The van der Waals surface area contributed by atoms with Gasteiger partial charge in [-0.1, -0.05) is 37.3 Å². The number of carbonyl (C=O) groups excluding carboxylic acids is 1. The van der Waals surface area contributed by atoms with Gasteiger partial charge in [-0.25, -0.2) is 0 Å². The van der Waals surface area contributed by atoms with Crippen molar-refractivity contribution in [3.05, 3.63) is 59.8 Å². The Bertz CT molecular complexity index is 852. The summed E-state index contributed by atoms with van der Waals surface area (Å²) in [6.07, 6.45) is 1.26. The molecule has 0 fully saturated rings. The summed E-state index contributed by atoms with van der Waals surface area (Å²) in [4.78, 5) is 15.9. The smallest absolute Gasteiger partial charge is 0.228 e. The summed E-state index contributed by atoms with van der Waals surface area (Å²) in [6.45, 7) is 4.69. The quantitative estimate of drug-likeness (QED) is 0.704. The summed E-state index contributed by atoms with van der Waals surface area (Å²) < 4.78 is 5.70. The van der Waals surface area contributed by atoms with Crippen LogP contribution in [0, 0.1) is 6.92 Å². The second-order valence-corrected chi connectivity index (χ2v) is 5.84. The Morgan fingerprint density at radius 2 is 1.88 bits per heavy atom. The fourth-order valence-electron chi connectivity index (χ4n) is 2.83. The average molecular weight is 322 g/mol. The summed E-state index contributed by atoms with van der Waals surface area (Å²) in [5.41, 5.74) is 3.84. The molecule has 24 heavy (non-hydrogen) atoms. The van der Waals surface area contributed by atoms with Crippen molar-refractivity contribution in [1.82, 2.24) is 4.98 Å². The Morgan fingerprint density at radius 3 is 2.71 bits per heavy atom. The zero-order chi connectivity index (χ0) is 16.9. The number of aromatic amines is 1. The molecule has 1 aromatic heterocycles. The standard InChI is InChI=1S/C20H22N2O2/c1-3-12-24-19-11-7-6-10-18(19)22-20(23)13-16-14(2)21-17-9-5-4-8-15(16)17/h4-11,21H,3,12-13H2,1-2H3,(H,22,23). The predicted octanol–water partition coefficient (Wildman–Crippen LogP) is 4.45. The number of H-pyrrole nitrogens is 1. The first kappa shape index (κ1) is 16.1. The molecule has 0 saturated carbocycles. The van der Waals surface area contributed by atoms with Gasteiger partial charge in [0.2, 0.25) is 5.91 Å². The molecule has 0 aliphatic carbocycles. The van der Waals surface area contributed by atoms with Gasteiger partial charge in [0.1, 0.15) is 5.75 Å². The number of carbonyl (C=O) groups is 1. The van der Waals surface area contributed by atoms with Crippen molar-refractivity contribution >= 4 is 22.5 Å². The lowest BCUT2D eigenvalue weighted by atomic mass is 10.1. The largest absolute Gasteiger partial charge is 0.491 e. The monoisotopic (exact) mass is 322 g/mol. The highest BCUT2D eigenvalue weighted by Gasteiger charge is 2.13. The molecule has 0 spiro atoms. The number of amides is 1. The number of anilines is 1. The van der Waals surface area contributed by atoms with Gasteiger partial charge in [-0.3, -0.25) is 4.79 Å². The van der Waals surface area contributed by atoms with E-state index in [1.165, 1.54) is 0 Å². The second kappa shape index (κ2) is 7.21. The van der Waals surface area contributed by atoms with Crippen molar-refractivity contribution in [1.29, 1.82) is 0 Å². The third-order valence-electron chi connectivity index (χ3n) is 3.99. The Balaban J connectivity index is 1.77. The summed E-state index contributed by atoms with van der Waals surface area (Å²) >= 11 is 0. The van der Waals surface area contributed by atoms with Gasteiger partial charge in [0.25, 0.3) is 0 Å². The first-order valence-corrected chi connectivity index (χ1v) is 8.27. The molecule has 0 bridgehead atoms.